The van der Waals surface area contributed by atoms with Gasteiger partial charge in [0.2, 0.25) is 15.9 Å². The van der Waals surface area contributed by atoms with Crippen molar-refractivity contribution in [2.24, 2.45) is 17.8 Å². The molecule has 0 aliphatic heterocycles. The monoisotopic (exact) mass is 516 g/mol. The van der Waals surface area contributed by atoms with Gasteiger partial charge in [0.15, 0.2) is 0 Å². The molecule has 9 heteroatoms. The average molecular weight is 517 g/mol. The maximum absolute atomic E-state index is 13.4. The fourth-order valence-electron chi connectivity index (χ4n) is 4.25. The van der Waals surface area contributed by atoms with Crippen molar-refractivity contribution < 1.29 is 28.2 Å². The van der Waals surface area contributed by atoms with Crippen LogP contribution in [0.3, 0.4) is 0 Å². The molecule has 196 valence electrons. The largest absolute Gasteiger partial charge is 0.481 e. The summed E-state index contributed by atoms with van der Waals surface area (Å²) in [5, 5.41) is 23.2. The Labute approximate surface area is 213 Å². The lowest BCUT2D eigenvalue weighted by Crippen LogP contribution is -2.51. The van der Waals surface area contributed by atoms with Crippen LogP contribution in [-0.2, 0) is 26.0 Å². The fraction of sp³-hybridized carbons (Fsp3) is 0.481. The summed E-state index contributed by atoms with van der Waals surface area (Å²) in [6, 6.07) is 16.7. The minimum Gasteiger partial charge on any atom is -0.481 e. The van der Waals surface area contributed by atoms with Crippen molar-refractivity contribution in [2.45, 2.75) is 56.6 Å². The number of rotatable bonds is 14. The van der Waals surface area contributed by atoms with Crippen LogP contribution in [0.15, 0.2) is 65.6 Å². The van der Waals surface area contributed by atoms with E-state index in [-0.39, 0.29) is 42.1 Å². The summed E-state index contributed by atoms with van der Waals surface area (Å²) in [6.07, 6.45) is 0.190. The number of nitrogens with one attached hydrogen (secondary N) is 1. The highest BCUT2D eigenvalue weighted by molar-refractivity contribution is 7.89. The summed E-state index contributed by atoms with van der Waals surface area (Å²) in [4.78, 5) is 24.0. The SMILES string of the molecule is CC(C)CCN(C[C@@H](O)[C@H](Cc1ccccc1)NC(=O)C1CC1CC(=O)O)S(=O)(=O)c1ccccc1. The van der Waals surface area contributed by atoms with Crippen LogP contribution in [0.25, 0.3) is 0 Å². The second-order valence-corrected chi connectivity index (χ2v) is 11.9. The number of carboxylic acids is 1. The number of aliphatic carboxylic acids is 1. The first-order valence-corrected chi connectivity index (χ1v) is 13.8. The van der Waals surface area contributed by atoms with Crippen molar-refractivity contribution in [3.05, 3.63) is 66.2 Å². The number of carboxylic acid groups (broad SMARTS) is 1. The van der Waals surface area contributed by atoms with Gasteiger partial charge in [0, 0.05) is 25.4 Å². The molecule has 0 aromatic heterocycles. The van der Waals surface area contributed by atoms with Gasteiger partial charge in [-0.1, -0.05) is 62.4 Å². The molecule has 3 N–H and O–H groups in total. The van der Waals surface area contributed by atoms with Gasteiger partial charge in [0.05, 0.1) is 17.0 Å². The molecule has 3 rings (SSSR count). The van der Waals surface area contributed by atoms with E-state index in [4.69, 9.17) is 5.11 Å². The molecule has 0 radical (unpaired) electrons. The summed E-state index contributed by atoms with van der Waals surface area (Å²) >= 11 is 0. The van der Waals surface area contributed by atoms with Crippen LogP contribution in [0.2, 0.25) is 0 Å². The molecule has 2 aromatic rings. The number of aliphatic hydroxyl groups excluding tert-OH is 1. The Bertz CT molecular complexity index is 1110. The van der Waals surface area contributed by atoms with Gasteiger partial charge in [-0.25, -0.2) is 8.42 Å². The smallest absolute Gasteiger partial charge is 0.303 e. The number of nitrogens with zero attached hydrogens (tertiary/aromatic N) is 1. The highest BCUT2D eigenvalue weighted by Crippen LogP contribution is 2.41. The molecule has 1 aliphatic carbocycles. The Morgan fingerprint density at radius 2 is 1.67 bits per heavy atom. The van der Waals surface area contributed by atoms with Gasteiger partial charge < -0.3 is 15.5 Å². The lowest BCUT2D eigenvalue weighted by molar-refractivity contribution is -0.137. The lowest BCUT2D eigenvalue weighted by atomic mass is 10.0. The van der Waals surface area contributed by atoms with Crippen LogP contribution < -0.4 is 5.32 Å². The Morgan fingerprint density at radius 3 is 2.25 bits per heavy atom. The molecule has 0 bridgehead atoms. The maximum Gasteiger partial charge on any atom is 0.303 e. The first kappa shape index (κ1) is 27.8. The standard InChI is InChI=1S/C27H36N2O6S/c1-19(2)13-14-29(36(34,35)22-11-7-4-8-12-22)18-25(30)24(15-20-9-5-3-6-10-20)28-27(33)23-16-21(23)17-26(31)32/h3-12,19,21,23-25,30H,13-18H2,1-2H3,(H,28,33)(H,31,32)/t21?,23?,24-,25+/m0/s1. The molecule has 1 fully saturated rings. The number of hydrogen-bond acceptors (Lipinski definition) is 5. The van der Waals surface area contributed by atoms with Gasteiger partial charge in [-0.2, -0.15) is 4.31 Å². The van der Waals surface area contributed by atoms with E-state index in [1.807, 2.05) is 44.2 Å². The summed E-state index contributed by atoms with van der Waals surface area (Å²) < 4.78 is 28.1. The van der Waals surface area contributed by atoms with Crippen LogP contribution in [0.4, 0.5) is 0 Å². The highest BCUT2D eigenvalue weighted by Gasteiger charge is 2.45. The van der Waals surface area contributed by atoms with E-state index in [2.05, 4.69) is 5.32 Å². The zero-order valence-corrected chi connectivity index (χ0v) is 21.6. The fourth-order valence-corrected chi connectivity index (χ4v) is 5.74. The minimum absolute atomic E-state index is 0.0672. The number of benzene rings is 2. The predicted octanol–water partition coefficient (Wildman–Crippen LogP) is 2.92. The topological polar surface area (TPSA) is 124 Å². The number of aliphatic hydroxyl groups is 1. The van der Waals surface area contributed by atoms with Crippen molar-refractivity contribution in [3.63, 3.8) is 0 Å². The predicted molar refractivity (Wildman–Crippen MR) is 137 cm³/mol. The third kappa shape index (κ3) is 7.88. The van der Waals surface area contributed by atoms with Crippen molar-refractivity contribution in [1.82, 2.24) is 9.62 Å². The Hall–Kier alpha value is -2.75. The molecule has 1 amide bonds. The molecular weight excluding hydrogens is 480 g/mol. The molecule has 4 atom stereocenters. The van der Waals surface area contributed by atoms with Gasteiger partial charge in [-0.3, -0.25) is 9.59 Å². The number of carbonyl (C=O) groups is 2. The third-order valence-electron chi connectivity index (χ3n) is 6.51. The Balaban J connectivity index is 1.79. The normalized spacial score (nSPS) is 19.1. The molecule has 1 aliphatic rings. The summed E-state index contributed by atoms with van der Waals surface area (Å²) in [5.41, 5.74) is 0.888. The van der Waals surface area contributed by atoms with E-state index >= 15 is 0 Å². The van der Waals surface area contributed by atoms with Crippen LogP contribution in [0.5, 0.6) is 0 Å². The van der Waals surface area contributed by atoms with Crippen LogP contribution in [0, 0.1) is 17.8 Å². The van der Waals surface area contributed by atoms with E-state index < -0.39 is 34.1 Å². The van der Waals surface area contributed by atoms with Gasteiger partial charge in [0.1, 0.15) is 0 Å². The quantitative estimate of drug-likeness (QED) is 0.355. The first-order valence-electron chi connectivity index (χ1n) is 12.4. The third-order valence-corrected chi connectivity index (χ3v) is 8.39. The zero-order valence-electron chi connectivity index (χ0n) is 20.8. The minimum atomic E-state index is -3.86. The van der Waals surface area contributed by atoms with Crippen LogP contribution >= 0.6 is 0 Å². The second-order valence-electron chi connectivity index (χ2n) is 9.93. The average Bonchev–Trinajstić information content (AvgIpc) is 3.60. The van der Waals surface area contributed by atoms with Crippen LogP contribution in [0.1, 0.15) is 38.7 Å². The molecular formula is C27H36N2O6S. The van der Waals surface area contributed by atoms with Gasteiger partial charge >= 0.3 is 5.97 Å². The van der Waals surface area contributed by atoms with Crippen molar-refractivity contribution >= 4 is 21.9 Å². The summed E-state index contributed by atoms with van der Waals surface area (Å²) in [7, 11) is -3.86. The Morgan fingerprint density at radius 1 is 1.06 bits per heavy atom. The Kier molecular flexibility index (Phi) is 9.64. The van der Waals surface area contributed by atoms with Gasteiger partial charge in [-0.05, 0) is 48.8 Å². The van der Waals surface area contributed by atoms with Crippen molar-refractivity contribution in [2.75, 3.05) is 13.1 Å². The number of amides is 1. The van der Waals surface area contributed by atoms with Crippen LogP contribution in [-0.4, -0.2) is 60.0 Å². The molecule has 0 heterocycles. The maximum atomic E-state index is 13.4. The van der Waals surface area contributed by atoms with E-state index in [1.54, 1.807) is 18.2 Å². The second kappa shape index (κ2) is 12.5. The van der Waals surface area contributed by atoms with Crippen molar-refractivity contribution in [3.8, 4) is 0 Å². The molecule has 2 aromatic carbocycles. The molecule has 8 nitrogen and oxygen atoms in total. The molecule has 0 saturated heterocycles. The summed E-state index contributed by atoms with van der Waals surface area (Å²) in [6.45, 7) is 4.07. The van der Waals surface area contributed by atoms with E-state index in [9.17, 15) is 23.1 Å². The highest BCUT2D eigenvalue weighted by atomic mass is 32.2. The molecule has 0 spiro atoms. The van der Waals surface area contributed by atoms with Gasteiger partial charge in [0.25, 0.3) is 0 Å². The molecule has 1 saturated carbocycles. The first-order chi connectivity index (χ1) is 17.1. The van der Waals surface area contributed by atoms with E-state index in [0.29, 0.717) is 19.3 Å². The molecule has 2 unspecified atom stereocenters. The summed E-state index contributed by atoms with van der Waals surface area (Å²) in [5.74, 6) is -1.60. The molecule has 36 heavy (non-hydrogen) atoms. The number of carbonyl (C=O) groups excluding carboxylic acids is 1. The van der Waals surface area contributed by atoms with E-state index in [0.717, 1.165) is 5.56 Å². The van der Waals surface area contributed by atoms with Crippen molar-refractivity contribution in [1.29, 1.82) is 0 Å². The van der Waals surface area contributed by atoms with Gasteiger partial charge in [-0.15, -0.1) is 0 Å². The number of sulfonamides is 1. The zero-order chi connectivity index (χ0) is 26.3. The van der Waals surface area contributed by atoms with E-state index in [1.165, 1.54) is 16.4 Å². The lowest BCUT2D eigenvalue weighted by Gasteiger charge is -2.30. The number of hydrogen-bond donors (Lipinski definition) is 3.